The quantitative estimate of drug-likeness (QED) is 0.312. The third kappa shape index (κ3) is 3.23. The van der Waals surface area contributed by atoms with Crippen LogP contribution in [0.3, 0.4) is 0 Å². The first-order chi connectivity index (χ1) is 12.8. The number of furan rings is 1. The molecule has 0 atom stereocenters. The molecule has 0 N–H and O–H groups in total. The second-order valence-corrected chi connectivity index (χ2v) is 5.57. The molecular formula is C21H14N2O3. The molecule has 0 radical (unpaired) electrons. The minimum absolute atomic E-state index is 0.327. The van der Waals surface area contributed by atoms with Crippen molar-refractivity contribution in [2.45, 2.75) is 0 Å². The molecule has 5 heteroatoms. The van der Waals surface area contributed by atoms with Crippen LogP contribution in [0.2, 0.25) is 0 Å². The fourth-order valence-corrected chi connectivity index (χ4v) is 2.56. The van der Waals surface area contributed by atoms with Crippen molar-refractivity contribution < 1.29 is 14.0 Å². The Hall–Kier alpha value is -3.73. The minimum atomic E-state index is -0.581. The monoisotopic (exact) mass is 342 g/mol. The average molecular weight is 342 g/mol. The number of fused-ring (bicyclic) bond motifs is 1. The van der Waals surface area contributed by atoms with Crippen molar-refractivity contribution in [3.8, 4) is 0 Å². The molecule has 0 aliphatic heterocycles. The summed E-state index contributed by atoms with van der Waals surface area (Å²) in [6, 6.07) is 22.3. The van der Waals surface area contributed by atoms with Crippen LogP contribution in [0, 0.1) is 0 Å². The highest BCUT2D eigenvalue weighted by Crippen LogP contribution is 2.22. The van der Waals surface area contributed by atoms with Crippen molar-refractivity contribution in [2.75, 3.05) is 0 Å². The van der Waals surface area contributed by atoms with Gasteiger partial charge in [-0.15, -0.1) is 0 Å². The van der Waals surface area contributed by atoms with Crippen LogP contribution < -0.4 is 0 Å². The summed E-state index contributed by atoms with van der Waals surface area (Å²) in [5, 5.41) is 5.03. The highest BCUT2D eigenvalue weighted by atomic mass is 16.7. The van der Waals surface area contributed by atoms with Crippen molar-refractivity contribution in [2.24, 2.45) is 5.16 Å². The van der Waals surface area contributed by atoms with Gasteiger partial charge in [-0.3, -0.25) is 4.98 Å². The van der Waals surface area contributed by atoms with Crippen molar-refractivity contribution in [3.63, 3.8) is 0 Å². The summed E-state index contributed by atoms with van der Waals surface area (Å²) in [6.45, 7) is 0. The minimum Gasteiger partial charge on any atom is -0.454 e. The Morgan fingerprint density at radius 2 is 1.69 bits per heavy atom. The predicted molar refractivity (Wildman–Crippen MR) is 97.9 cm³/mol. The molecular weight excluding hydrogens is 328 g/mol. The van der Waals surface area contributed by atoms with Crippen LogP contribution in [0.15, 0.2) is 94.8 Å². The molecule has 0 saturated carbocycles. The van der Waals surface area contributed by atoms with Crippen LogP contribution in [0.4, 0.5) is 0 Å². The third-order valence-corrected chi connectivity index (χ3v) is 3.82. The van der Waals surface area contributed by atoms with Gasteiger partial charge in [-0.1, -0.05) is 53.7 Å². The summed E-state index contributed by atoms with van der Waals surface area (Å²) in [4.78, 5) is 21.2. The van der Waals surface area contributed by atoms with Gasteiger partial charge < -0.3 is 9.25 Å². The third-order valence-electron chi connectivity index (χ3n) is 3.82. The first kappa shape index (κ1) is 15.8. The number of carbonyl (C=O) groups is 1. The zero-order valence-corrected chi connectivity index (χ0v) is 13.7. The van der Waals surface area contributed by atoms with Gasteiger partial charge in [-0.05, 0) is 24.3 Å². The van der Waals surface area contributed by atoms with E-state index in [9.17, 15) is 4.79 Å². The van der Waals surface area contributed by atoms with Gasteiger partial charge in [0.05, 0.1) is 5.56 Å². The molecule has 0 spiro atoms. The molecule has 5 nitrogen and oxygen atoms in total. The van der Waals surface area contributed by atoms with Gasteiger partial charge in [0.15, 0.2) is 11.5 Å². The van der Waals surface area contributed by atoms with Gasteiger partial charge in [0.25, 0.3) is 0 Å². The Labute approximate surface area is 149 Å². The Bertz CT molecular complexity index is 1040. The maximum Gasteiger partial charge on any atom is 0.367 e. The lowest BCUT2D eigenvalue weighted by atomic mass is 10.1. The number of para-hydroxylation sites is 1. The lowest BCUT2D eigenvalue weighted by Gasteiger charge is -2.03. The highest BCUT2D eigenvalue weighted by molar-refractivity contribution is 6.12. The molecule has 0 unspecified atom stereocenters. The molecule has 126 valence electrons. The Balaban J connectivity index is 1.72. The van der Waals surface area contributed by atoms with Crippen molar-refractivity contribution in [1.29, 1.82) is 0 Å². The summed E-state index contributed by atoms with van der Waals surface area (Å²) < 4.78 is 5.89. The summed E-state index contributed by atoms with van der Waals surface area (Å²) >= 11 is 0. The van der Waals surface area contributed by atoms with E-state index in [1.807, 2.05) is 60.7 Å². The van der Waals surface area contributed by atoms with Crippen LogP contribution in [0.25, 0.3) is 11.0 Å². The fraction of sp³-hybridized carbons (Fsp3) is 0. The van der Waals surface area contributed by atoms with E-state index in [2.05, 4.69) is 10.1 Å². The van der Waals surface area contributed by atoms with Crippen LogP contribution in [-0.4, -0.2) is 16.7 Å². The second kappa shape index (κ2) is 7.03. The van der Waals surface area contributed by atoms with Crippen LogP contribution >= 0.6 is 0 Å². The molecule has 4 aromatic rings. The van der Waals surface area contributed by atoms with Crippen molar-refractivity contribution >= 4 is 22.7 Å². The summed E-state index contributed by atoms with van der Waals surface area (Å²) in [6.07, 6.45) is 3.02. The largest absolute Gasteiger partial charge is 0.454 e. The number of nitrogens with zero attached hydrogens (tertiary/aromatic N) is 2. The number of hydrogen-bond acceptors (Lipinski definition) is 5. The van der Waals surface area contributed by atoms with Gasteiger partial charge >= 0.3 is 5.97 Å². The maximum atomic E-state index is 12.2. The van der Waals surface area contributed by atoms with Crippen molar-refractivity contribution in [3.05, 3.63) is 102 Å². The number of pyridine rings is 1. The molecule has 0 amide bonds. The second-order valence-electron chi connectivity index (χ2n) is 5.57. The number of aromatic nitrogens is 1. The van der Waals surface area contributed by atoms with E-state index in [0.29, 0.717) is 17.0 Å². The van der Waals surface area contributed by atoms with E-state index >= 15 is 0 Å². The van der Waals surface area contributed by atoms with E-state index in [1.54, 1.807) is 18.3 Å². The smallest absolute Gasteiger partial charge is 0.367 e. The number of oxime groups is 1. The van der Waals surface area contributed by atoms with E-state index in [-0.39, 0.29) is 0 Å². The highest BCUT2D eigenvalue weighted by Gasteiger charge is 2.15. The molecule has 0 aliphatic rings. The zero-order chi connectivity index (χ0) is 17.8. The lowest BCUT2D eigenvalue weighted by molar-refractivity contribution is 0.0516. The Morgan fingerprint density at radius 1 is 0.923 bits per heavy atom. The fourth-order valence-electron chi connectivity index (χ4n) is 2.56. The molecule has 0 fully saturated rings. The average Bonchev–Trinajstić information content (AvgIpc) is 3.13. The Kier molecular flexibility index (Phi) is 4.26. The van der Waals surface area contributed by atoms with Gasteiger partial charge in [-0.25, -0.2) is 4.79 Å². The van der Waals surface area contributed by atoms with Gasteiger partial charge in [0.1, 0.15) is 5.58 Å². The lowest BCUT2D eigenvalue weighted by Crippen LogP contribution is -2.07. The predicted octanol–water partition coefficient (Wildman–Crippen LogP) is 4.44. The number of hydrogen-bond donors (Lipinski definition) is 0. The molecule has 2 aromatic carbocycles. The maximum absolute atomic E-state index is 12.2. The number of rotatable bonds is 4. The van der Waals surface area contributed by atoms with Gasteiger partial charge in [0, 0.05) is 23.3 Å². The van der Waals surface area contributed by atoms with Crippen LogP contribution in [0.5, 0.6) is 0 Å². The summed E-state index contributed by atoms with van der Waals surface area (Å²) in [5.41, 5.74) is 2.29. The van der Waals surface area contributed by atoms with E-state index in [1.165, 1.54) is 6.20 Å². The molecule has 4 rings (SSSR count). The first-order valence-electron chi connectivity index (χ1n) is 8.05. The van der Waals surface area contributed by atoms with Crippen molar-refractivity contribution in [1.82, 2.24) is 4.98 Å². The number of benzene rings is 2. The Morgan fingerprint density at radius 3 is 2.46 bits per heavy atom. The molecule has 2 aromatic heterocycles. The van der Waals surface area contributed by atoms with E-state index in [0.717, 1.165) is 16.5 Å². The molecule has 0 saturated heterocycles. The first-order valence-corrected chi connectivity index (χ1v) is 8.05. The summed E-state index contributed by atoms with van der Waals surface area (Å²) in [7, 11) is 0. The standard InChI is InChI=1S/C21H14N2O3/c24-21(17-10-6-12-22-14-17)26-23-20(15-7-2-1-3-8-15)19-13-16-9-4-5-11-18(16)25-19/h1-14H/b23-20+. The normalized spacial score (nSPS) is 11.5. The van der Waals surface area contributed by atoms with E-state index in [4.69, 9.17) is 9.25 Å². The van der Waals surface area contributed by atoms with Gasteiger partial charge in [-0.2, -0.15) is 0 Å². The number of carbonyl (C=O) groups excluding carboxylic acids is 1. The molecule has 0 aliphatic carbocycles. The van der Waals surface area contributed by atoms with Gasteiger partial charge in [0.2, 0.25) is 0 Å². The molecule has 0 bridgehead atoms. The molecule has 26 heavy (non-hydrogen) atoms. The van der Waals surface area contributed by atoms with Crippen LogP contribution in [0.1, 0.15) is 21.7 Å². The van der Waals surface area contributed by atoms with Crippen LogP contribution in [-0.2, 0) is 4.84 Å². The summed E-state index contributed by atoms with van der Waals surface area (Å²) in [5.74, 6) is -0.0565. The zero-order valence-electron chi connectivity index (χ0n) is 13.7. The SMILES string of the molecule is O=C(O/N=C(\c1ccccc1)c1cc2ccccc2o1)c1cccnc1. The van der Waals surface area contributed by atoms with E-state index < -0.39 is 5.97 Å². The topological polar surface area (TPSA) is 64.7 Å². The molecule has 2 heterocycles.